The van der Waals surface area contributed by atoms with Gasteiger partial charge in [0, 0.05) is 6.42 Å². The van der Waals surface area contributed by atoms with E-state index in [9.17, 15) is 4.79 Å². The SMILES string of the molecule is O=C(CC1CCCC1)OCCCc1ccccc1. The maximum atomic E-state index is 11.6. The minimum absolute atomic E-state index is 0.00467. The Labute approximate surface area is 109 Å². The predicted octanol–water partition coefficient (Wildman–Crippen LogP) is 3.74. The summed E-state index contributed by atoms with van der Waals surface area (Å²) >= 11 is 0. The number of benzene rings is 1. The van der Waals surface area contributed by atoms with Gasteiger partial charge in [0.05, 0.1) is 6.61 Å². The van der Waals surface area contributed by atoms with Crippen molar-refractivity contribution in [2.75, 3.05) is 6.61 Å². The number of aryl methyl sites for hydroxylation is 1. The third-order valence-corrected chi connectivity index (χ3v) is 3.65. The lowest BCUT2D eigenvalue weighted by Gasteiger charge is -2.08. The van der Waals surface area contributed by atoms with Crippen LogP contribution in [-0.2, 0) is 16.0 Å². The lowest BCUT2D eigenvalue weighted by atomic mass is 10.0. The summed E-state index contributed by atoms with van der Waals surface area (Å²) in [6.45, 7) is 0.556. The van der Waals surface area contributed by atoms with Crippen LogP contribution in [0.15, 0.2) is 30.3 Å². The molecule has 0 heterocycles. The highest BCUT2D eigenvalue weighted by Crippen LogP contribution is 2.27. The third kappa shape index (κ3) is 4.52. The van der Waals surface area contributed by atoms with Gasteiger partial charge in [-0.1, -0.05) is 43.2 Å². The monoisotopic (exact) mass is 246 g/mol. The second-order valence-corrected chi connectivity index (χ2v) is 5.16. The van der Waals surface area contributed by atoms with Gasteiger partial charge in [0.15, 0.2) is 0 Å². The third-order valence-electron chi connectivity index (χ3n) is 3.65. The van der Waals surface area contributed by atoms with Gasteiger partial charge in [0.2, 0.25) is 0 Å². The standard InChI is InChI=1S/C16H22O2/c17-16(13-15-9-4-5-10-15)18-12-6-11-14-7-2-1-3-8-14/h1-3,7-8,15H,4-6,9-13H2. The van der Waals surface area contributed by atoms with Gasteiger partial charge in [-0.2, -0.15) is 0 Å². The van der Waals surface area contributed by atoms with Gasteiger partial charge in [-0.3, -0.25) is 4.79 Å². The van der Waals surface area contributed by atoms with Crippen LogP contribution >= 0.6 is 0 Å². The van der Waals surface area contributed by atoms with E-state index in [1.54, 1.807) is 0 Å². The molecule has 98 valence electrons. The molecule has 0 saturated heterocycles. The maximum Gasteiger partial charge on any atom is 0.306 e. The largest absolute Gasteiger partial charge is 0.466 e. The minimum Gasteiger partial charge on any atom is -0.466 e. The molecule has 2 rings (SSSR count). The Bertz CT molecular complexity index is 353. The maximum absolute atomic E-state index is 11.6. The summed E-state index contributed by atoms with van der Waals surface area (Å²) in [6, 6.07) is 10.3. The number of carbonyl (C=O) groups excluding carboxylic acids is 1. The van der Waals surface area contributed by atoms with Crippen molar-refractivity contribution in [2.45, 2.75) is 44.9 Å². The second kappa shape index (κ2) is 7.20. The lowest BCUT2D eigenvalue weighted by molar-refractivity contribution is -0.144. The Balaban J connectivity index is 1.56. The zero-order valence-corrected chi connectivity index (χ0v) is 10.9. The average molecular weight is 246 g/mol. The van der Waals surface area contributed by atoms with Gasteiger partial charge in [-0.15, -0.1) is 0 Å². The van der Waals surface area contributed by atoms with Gasteiger partial charge < -0.3 is 4.74 Å². The van der Waals surface area contributed by atoms with Crippen molar-refractivity contribution in [2.24, 2.45) is 5.92 Å². The molecule has 0 N–H and O–H groups in total. The van der Waals surface area contributed by atoms with Crippen molar-refractivity contribution in [3.05, 3.63) is 35.9 Å². The van der Waals surface area contributed by atoms with Crippen LogP contribution in [0.2, 0.25) is 0 Å². The van der Waals surface area contributed by atoms with Gasteiger partial charge in [-0.05, 0) is 37.2 Å². The topological polar surface area (TPSA) is 26.3 Å². The summed E-state index contributed by atoms with van der Waals surface area (Å²) in [7, 11) is 0. The summed E-state index contributed by atoms with van der Waals surface area (Å²) in [6.07, 6.45) is 7.51. The van der Waals surface area contributed by atoms with E-state index in [2.05, 4.69) is 12.1 Å². The molecule has 0 radical (unpaired) electrons. The van der Waals surface area contributed by atoms with Crippen molar-refractivity contribution in [3.8, 4) is 0 Å². The van der Waals surface area contributed by atoms with Crippen LogP contribution in [0.5, 0.6) is 0 Å². The molecule has 1 aliphatic carbocycles. The van der Waals surface area contributed by atoms with E-state index in [-0.39, 0.29) is 5.97 Å². The molecule has 2 heteroatoms. The number of hydrogen-bond acceptors (Lipinski definition) is 2. The number of rotatable bonds is 6. The predicted molar refractivity (Wildman–Crippen MR) is 72.3 cm³/mol. The molecule has 0 amide bonds. The summed E-state index contributed by atoms with van der Waals surface area (Å²) in [5, 5.41) is 0. The molecule has 1 fully saturated rings. The zero-order valence-electron chi connectivity index (χ0n) is 10.9. The highest BCUT2D eigenvalue weighted by molar-refractivity contribution is 5.69. The molecule has 1 aliphatic rings. The van der Waals surface area contributed by atoms with Crippen molar-refractivity contribution in [3.63, 3.8) is 0 Å². The number of ether oxygens (including phenoxy) is 1. The fourth-order valence-electron chi connectivity index (χ4n) is 2.62. The summed E-state index contributed by atoms with van der Waals surface area (Å²) in [5.41, 5.74) is 1.31. The molecular formula is C16H22O2. The molecule has 0 atom stereocenters. The first-order valence-corrected chi connectivity index (χ1v) is 7.04. The average Bonchev–Trinajstić information content (AvgIpc) is 2.89. The highest BCUT2D eigenvalue weighted by Gasteiger charge is 2.18. The molecule has 0 aliphatic heterocycles. The van der Waals surface area contributed by atoms with Gasteiger partial charge in [0.1, 0.15) is 0 Å². The molecule has 0 aromatic heterocycles. The quantitative estimate of drug-likeness (QED) is 0.564. The van der Waals surface area contributed by atoms with Gasteiger partial charge in [-0.25, -0.2) is 0 Å². The van der Waals surface area contributed by atoms with Crippen LogP contribution < -0.4 is 0 Å². The van der Waals surface area contributed by atoms with E-state index < -0.39 is 0 Å². The first kappa shape index (κ1) is 13.1. The van der Waals surface area contributed by atoms with E-state index in [0.717, 1.165) is 12.8 Å². The Morgan fingerprint density at radius 2 is 1.89 bits per heavy atom. The van der Waals surface area contributed by atoms with E-state index in [1.807, 2.05) is 18.2 Å². The van der Waals surface area contributed by atoms with E-state index >= 15 is 0 Å². The molecule has 1 aromatic rings. The van der Waals surface area contributed by atoms with Crippen molar-refractivity contribution in [1.29, 1.82) is 0 Å². The normalized spacial score (nSPS) is 15.8. The fourth-order valence-corrected chi connectivity index (χ4v) is 2.62. The van der Waals surface area contributed by atoms with E-state index in [1.165, 1.54) is 31.2 Å². The Morgan fingerprint density at radius 1 is 1.17 bits per heavy atom. The first-order chi connectivity index (χ1) is 8.84. The molecule has 1 aromatic carbocycles. The Hall–Kier alpha value is -1.31. The molecular weight excluding hydrogens is 224 g/mol. The zero-order chi connectivity index (χ0) is 12.6. The number of hydrogen-bond donors (Lipinski definition) is 0. The molecule has 0 unspecified atom stereocenters. The number of carbonyl (C=O) groups is 1. The van der Waals surface area contributed by atoms with Crippen LogP contribution in [0.1, 0.15) is 44.1 Å². The highest BCUT2D eigenvalue weighted by atomic mass is 16.5. The smallest absolute Gasteiger partial charge is 0.306 e. The van der Waals surface area contributed by atoms with Crippen LogP contribution in [0.3, 0.4) is 0 Å². The van der Waals surface area contributed by atoms with Crippen molar-refractivity contribution < 1.29 is 9.53 Å². The summed E-state index contributed by atoms with van der Waals surface area (Å²) in [5.74, 6) is 0.585. The number of esters is 1. The minimum atomic E-state index is -0.00467. The Morgan fingerprint density at radius 3 is 2.61 bits per heavy atom. The van der Waals surface area contributed by atoms with E-state index in [0.29, 0.717) is 18.9 Å². The van der Waals surface area contributed by atoms with Crippen LogP contribution in [0, 0.1) is 5.92 Å². The molecule has 1 saturated carbocycles. The van der Waals surface area contributed by atoms with Gasteiger partial charge >= 0.3 is 5.97 Å². The molecule has 2 nitrogen and oxygen atoms in total. The van der Waals surface area contributed by atoms with Crippen LogP contribution in [0.25, 0.3) is 0 Å². The van der Waals surface area contributed by atoms with Gasteiger partial charge in [0.25, 0.3) is 0 Å². The van der Waals surface area contributed by atoms with E-state index in [4.69, 9.17) is 4.74 Å². The van der Waals surface area contributed by atoms with Crippen molar-refractivity contribution in [1.82, 2.24) is 0 Å². The lowest BCUT2D eigenvalue weighted by Crippen LogP contribution is -2.10. The molecule has 0 bridgehead atoms. The van der Waals surface area contributed by atoms with Crippen LogP contribution in [-0.4, -0.2) is 12.6 Å². The van der Waals surface area contributed by atoms with Crippen molar-refractivity contribution >= 4 is 5.97 Å². The molecule has 0 spiro atoms. The summed E-state index contributed by atoms with van der Waals surface area (Å²) < 4.78 is 5.29. The molecule has 18 heavy (non-hydrogen) atoms. The second-order valence-electron chi connectivity index (χ2n) is 5.16. The first-order valence-electron chi connectivity index (χ1n) is 7.04. The fraction of sp³-hybridized carbons (Fsp3) is 0.562. The summed E-state index contributed by atoms with van der Waals surface area (Å²) in [4.78, 5) is 11.6. The van der Waals surface area contributed by atoms with Crippen LogP contribution in [0.4, 0.5) is 0 Å². The Kier molecular flexibility index (Phi) is 5.25.